The molecule has 0 aromatic heterocycles. The molecule has 0 radical (unpaired) electrons. The lowest BCUT2D eigenvalue weighted by molar-refractivity contribution is 0.140. The summed E-state index contributed by atoms with van der Waals surface area (Å²) < 4.78 is 0. The SMILES string of the molecule is CCCCN(CCO)CC1CCCCC1NCCC. The van der Waals surface area contributed by atoms with Crippen molar-refractivity contribution in [3.8, 4) is 0 Å². The summed E-state index contributed by atoms with van der Waals surface area (Å²) in [4.78, 5) is 2.47. The molecule has 114 valence electrons. The Labute approximate surface area is 119 Å². The van der Waals surface area contributed by atoms with Gasteiger partial charge >= 0.3 is 0 Å². The normalized spacial score (nSPS) is 24.0. The molecule has 1 saturated carbocycles. The van der Waals surface area contributed by atoms with Crippen LogP contribution in [0, 0.1) is 5.92 Å². The molecule has 1 aliphatic carbocycles. The molecule has 3 nitrogen and oxygen atoms in total. The minimum absolute atomic E-state index is 0.295. The van der Waals surface area contributed by atoms with Crippen molar-refractivity contribution in [2.75, 3.05) is 32.8 Å². The third kappa shape index (κ3) is 6.73. The van der Waals surface area contributed by atoms with E-state index in [9.17, 15) is 5.11 Å². The van der Waals surface area contributed by atoms with Gasteiger partial charge in [0.25, 0.3) is 0 Å². The van der Waals surface area contributed by atoms with Crippen LogP contribution in [0.25, 0.3) is 0 Å². The van der Waals surface area contributed by atoms with Gasteiger partial charge in [0.15, 0.2) is 0 Å². The highest BCUT2D eigenvalue weighted by atomic mass is 16.3. The first-order valence-electron chi connectivity index (χ1n) is 8.38. The zero-order chi connectivity index (χ0) is 13.9. The molecular formula is C16H34N2O. The fourth-order valence-electron chi connectivity index (χ4n) is 3.17. The maximum Gasteiger partial charge on any atom is 0.0558 e. The molecule has 1 aliphatic rings. The van der Waals surface area contributed by atoms with E-state index in [1.54, 1.807) is 0 Å². The molecule has 0 aromatic rings. The maximum atomic E-state index is 9.22. The number of hydrogen-bond acceptors (Lipinski definition) is 3. The molecule has 0 aliphatic heterocycles. The van der Waals surface area contributed by atoms with Crippen molar-refractivity contribution < 1.29 is 5.11 Å². The summed E-state index contributed by atoms with van der Waals surface area (Å²) in [5, 5.41) is 13.0. The zero-order valence-electron chi connectivity index (χ0n) is 13.0. The Morgan fingerprint density at radius 1 is 1.11 bits per heavy atom. The number of hydrogen-bond donors (Lipinski definition) is 2. The first-order valence-corrected chi connectivity index (χ1v) is 8.38. The lowest BCUT2D eigenvalue weighted by atomic mass is 9.84. The highest BCUT2D eigenvalue weighted by Gasteiger charge is 2.25. The van der Waals surface area contributed by atoms with Crippen LogP contribution in [0.15, 0.2) is 0 Å². The van der Waals surface area contributed by atoms with Crippen molar-refractivity contribution in [1.82, 2.24) is 10.2 Å². The molecule has 2 N–H and O–H groups in total. The highest BCUT2D eigenvalue weighted by Crippen LogP contribution is 2.25. The molecule has 2 atom stereocenters. The van der Waals surface area contributed by atoms with Gasteiger partial charge in [-0.1, -0.05) is 33.1 Å². The van der Waals surface area contributed by atoms with Gasteiger partial charge in [0.2, 0.25) is 0 Å². The smallest absolute Gasteiger partial charge is 0.0558 e. The van der Waals surface area contributed by atoms with Gasteiger partial charge in [0.1, 0.15) is 0 Å². The lowest BCUT2D eigenvalue weighted by Crippen LogP contribution is -2.45. The van der Waals surface area contributed by atoms with E-state index in [2.05, 4.69) is 24.1 Å². The van der Waals surface area contributed by atoms with Gasteiger partial charge in [0.05, 0.1) is 6.61 Å². The van der Waals surface area contributed by atoms with Gasteiger partial charge in [-0.05, 0) is 44.7 Å². The predicted molar refractivity (Wildman–Crippen MR) is 82.5 cm³/mol. The molecule has 1 rings (SSSR count). The van der Waals surface area contributed by atoms with Crippen molar-refractivity contribution in [2.45, 2.75) is 64.8 Å². The second-order valence-electron chi connectivity index (χ2n) is 5.98. The summed E-state index contributed by atoms with van der Waals surface area (Å²) in [6.07, 6.45) is 9.17. The summed E-state index contributed by atoms with van der Waals surface area (Å²) >= 11 is 0. The van der Waals surface area contributed by atoms with Crippen LogP contribution < -0.4 is 5.32 Å². The topological polar surface area (TPSA) is 35.5 Å². The first kappa shape index (κ1) is 16.9. The van der Waals surface area contributed by atoms with Gasteiger partial charge in [-0.2, -0.15) is 0 Å². The summed E-state index contributed by atoms with van der Waals surface area (Å²) in [5.41, 5.74) is 0. The molecule has 0 saturated heterocycles. The van der Waals surface area contributed by atoms with Crippen molar-refractivity contribution in [1.29, 1.82) is 0 Å². The van der Waals surface area contributed by atoms with E-state index in [1.807, 2.05) is 0 Å². The van der Waals surface area contributed by atoms with E-state index >= 15 is 0 Å². The molecule has 0 heterocycles. The van der Waals surface area contributed by atoms with Gasteiger partial charge in [0, 0.05) is 19.1 Å². The van der Waals surface area contributed by atoms with Crippen LogP contribution in [0.2, 0.25) is 0 Å². The van der Waals surface area contributed by atoms with Crippen LogP contribution in [0.1, 0.15) is 58.8 Å². The number of unbranched alkanes of at least 4 members (excludes halogenated alkanes) is 1. The molecule has 0 spiro atoms. The highest BCUT2D eigenvalue weighted by molar-refractivity contribution is 4.83. The van der Waals surface area contributed by atoms with E-state index in [0.29, 0.717) is 12.6 Å². The number of nitrogens with zero attached hydrogens (tertiary/aromatic N) is 1. The van der Waals surface area contributed by atoms with Crippen LogP contribution in [0.3, 0.4) is 0 Å². The van der Waals surface area contributed by atoms with Crippen LogP contribution in [0.5, 0.6) is 0 Å². The largest absolute Gasteiger partial charge is 0.395 e. The monoisotopic (exact) mass is 270 g/mol. The third-order valence-electron chi connectivity index (χ3n) is 4.30. The zero-order valence-corrected chi connectivity index (χ0v) is 13.0. The number of rotatable bonds is 10. The maximum absolute atomic E-state index is 9.22. The molecule has 19 heavy (non-hydrogen) atoms. The second kappa shape index (κ2) is 10.6. The standard InChI is InChI=1S/C16H34N2O/c1-3-5-11-18(12-13-19)14-15-8-6-7-9-16(15)17-10-4-2/h15-17,19H,3-14H2,1-2H3. The average molecular weight is 270 g/mol. The number of aliphatic hydroxyl groups is 1. The Balaban J connectivity index is 2.42. The van der Waals surface area contributed by atoms with Crippen LogP contribution >= 0.6 is 0 Å². The predicted octanol–water partition coefficient (Wildman–Crippen LogP) is 2.64. The Kier molecular flexibility index (Phi) is 9.48. The minimum atomic E-state index is 0.295. The fraction of sp³-hybridized carbons (Fsp3) is 1.00. The molecular weight excluding hydrogens is 236 g/mol. The molecule has 0 bridgehead atoms. The fourth-order valence-corrected chi connectivity index (χ4v) is 3.17. The summed E-state index contributed by atoms with van der Waals surface area (Å²) in [7, 11) is 0. The Morgan fingerprint density at radius 2 is 1.89 bits per heavy atom. The molecule has 2 unspecified atom stereocenters. The van der Waals surface area contributed by atoms with Crippen molar-refractivity contribution in [3.05, 3.63) is 0 Å². The van der Waals surface area contributed by atoms with E-state index < -0.39 is 0 Å². The molecule has 0 aromatic carbocycles. The number of aliphatic hydroxyl groups excluding tert-OH is 1. The Bertz CT molecular complexity index is 211. The van der Waals surface area contributed by atoms with Gasteiger partial charge < -0.3 is 15.3 Å². The Hall–Kier alpha value is -0.120. The first-order chi connectivity index (χ1) is 9.31. The summed E-state index contributed by atoms with van der Waals surface area (Å²) in [6.45, 7) is 9.08. The third-order valence-corrected chi connectivity index (χ3v) is 4.30. The van der Waals surface area contributed by atoms with Crippen molar-refractivity contribution >= 4 is 0 Å². The van der Waals surface area contributed by atoms with E-state index in [-0.39, 0.29) is 0 Å². The average Bonchev–Trinajstić information content (AvgIpc) is 2.44. The minimum Gasteiger partial charge on any atom is -0.395 e. The van der Waals surface area contributed by atoms with Crippen LogP contribution in [-0.4, -0.2) is 48.8 Å². The van der Waals surface area contributed by atoms with Crippen molar-refractivity contribution in [3.63, 3.8) is 0 Å². The van der Waals surface area contributed by atoms with Gasteiger partial charge in [-0.25, -0.2) is 0 Å². The van der Waals surface area contributed by atoms with Gasteiger partial charge in [-0.15, -0.1) is 0 Å². The van der Waals surface area contributed by atoms with Crippen molar-refractivity contribution in [2.24, 2.45) is 5.92 Å². The number of nitrogens with one attached hydrogen (secondary N) is 1. The van der Waals surface area contributed by atoms with E-state index in [1.165, 1.54) is 51.5 Å². The quantitative estimate of drug-likeness (QED) is 0.640. The van der Waals surface area contributed by atoms with Crippen LogP contribution in [0.4, 0.5) is 0 Å². The van der Waals surface area contributed by atoms with E-state index in [4.69, 9.17) is 0 Å². The summed E-state index contributed by atoms with van der Waals surface area (Å²) in [5.74, 6) is 0.781. The molecule has 3 heteroatoms. The van der Waals surface area contributed by atoms with E-state index in [0.717, 1.165) is 25.6 Å². The molecule has 0 amide bonds. The second-order valence-corrected chi connectivity index (χ2v) is 5.98. The lowest BCUT2D eigenvalue weighted by Gasteiger charge is -2.36. The van der Waals surface area contributed by atoms with Crippen LogP contribution in [-0.2, 0) is 0 Å². The van der Waals surface area contributed by atoms with Gasteiger partial charge in [-0.3, -0.25) is 0 Å². The molecule has 1 fully saturated rings. The summed E-state index contributed by atoms with van der Waals surface area (Å²) in [6, 6.07) is 0.705. The Morgan fingerprint density at radius 3 is 2.58 bits per heavy atom.